The third-order valence-corrected chi connectivity index (χ3v) is 12.1. The van der Waals surface area contributed by atoms with Crippen LogP contribution in [0.25, 0.3) is 0 Å². The summed E-state index contributed by atoms with van der Waals surface area (Å²) in [6.07, 6.45) is 1.63. The topological polar surface area (TPSA) is 161 Å². The number of hydrogen-bond acceptors (Lipinski definition) is 13. The molecule has 1 unspecified atom stereocenters. The number of aromatic nitrogens is 1. The van der Waals surface area contributed by atoms with Crippen molar-refractivity contribution in [1.29, 1.82) is 0 Å². The molecule has 2 aromatic carbocycles. The Kier molecular flexibility index (Phi) is 12.3. The highest BCUT2D eigenvalue weighted by molar-refractivity contribution is 7.14. The average molecular weight is 816 g/mol. The summed E-state index contributed by atoms with van der Waals surface area (Å²) in [5.41, 5.74) is -0.418. The monoisotopic (exact) mass is 815 g/mol. The molecule has 15 heteroatoms. The van der Waals surface area contributed by atoms with E-state index >= 15 is 0 Å². The number of aldehydes is 1. The van der Waals surface area contributed by atoms with Crippen molar-refractivity contribution >= 4 is 53.4 Å². The molecule has 1 aromatic heterocycles. The molecule has 1 saturated heterocycles. The zero-order valence-electron chi connectivity index (χ0n) is 35.0. The van der Waals surface area contributed by atoms with Crippen molar-refractivity contribution < 1.29 is 47.5 Å². The first kappa shape index (κ1) is 43.0. The summed E-state index contributed by atoms with van der Waals surface area (Å²) in [6, 6.07) is 12.7. The molecule has 1 aliphatic heterocycles. The molecule has 2 heterocycles. The van der Waals surface area contributed by atoms with Gasteiger partial charge in [0.1, 0.15) is 34.8 Å². The van der Waals surface area contributed by atoms with E-state index in [-0.39, 0.29) is 70.3 Å². The van der Waals surface area contributed by atoms with Crippen molar-refractivity contribution in [2.24, 2.45) is 22.4 Å². The number of nitrogens with zero attached hydrogens (tertiary/aromatic N) is 2. The van der Waals surface area contributed by atoms with E-state index < -0.39 is 47.6 Å². The summed E-state index contributed by atoms with van der Waals surface area (Å²) in [5, 5.41) is 8.80. The van der Waals surface area contributed by atoms with Crippen LogP contribution in [-0.4, -0.2) is 72.0 Å². The highest BCUT2D eigenvalue weighted by atomic mass is 32.1. The van der Waals surface area contributed by atoms with E-state index in [9.17, 15) is 19.2 Å². The van der Waals surface area contributed by atoms with Gasteiger partial charge in [0.2, 0.25) is 0 Å². The van der Waals surface area contributed by atoms with Crippen molar-refractivity contribution in [2.45, 2.75) is 123 Å². The third-order valence-electron chi connectivity index (χ3n) is 11.3. The number of amides is 1. The molecule has 2 bridgehead atoms. The Morgan fingerprint density at radius 1 is 1.03 bits per heavy atom. The first-order valence-electron chi connectivity index (χ1n) is 19.7. The van der Waals surface area contributed by atoms with Gasteiger partial charge in [0.15, 0.2) is 22.9 Å². The number of ketones is 1. The van der Waals surface area contributed by atoms with Gasteiger partial charge in [0.25, 0.3) is 0 Å². The molecule has 5 atom stereocenters. The van der Waals surface area contributed by atoms with E-state index in [1.807, 2.05) is 30.3 Å². The Bertz CT molecular complexity index is 2060. The van der Waals surface area contributed by atoms with E-state index in [1.165, 1.54) is 7.11 Å². The lowest BCUT2D eigenvalue weighted by molar-refractivity contribution is -0.199. The Labute approximate surface area is 344 Å². The lowest BCUT2D eigenvalue weighted by Gasteiger charge is -2.64. The molecule has 310 valence electrons. The molecular weight excluding hydrogens is 761 g/mol. The lowest BCUT2D eigenvalue weighted by Crippen LogP contribution is -2.65. The molecular formula is C43H54BN3O10S. The first-order valence-corrected chi connectivity index (χ1v) is 20.5. The third kappa shape index (κ3) is 9.32. The molecule has 7 rings (SSSR count). The van der Waals surface area contributed by atoms with Gasteiger partial charge in [-0.25, -0.2) is 14.6 Å². The summed E-state index contributed by atoms with van der Waals surface area (Å²) >= 11 is 1.11. The maximum absolute atomic E-state index is 14.7. The number of carbonyl (C=O) groups is 4. The normalized spacial score (nSPS) is 22.9. The second-order valence-electron chi connectivity index (χ2n) is 18.1. The van der Waals surface area contributed by atoms with Crippen molar-refractivity contribution in [1.82, 2.24) is 4.98 Å². The van der Waals surface area contributed by atoms with Gasteiger partial charge < -0.3 is 28.4 Å². The number of carbonyl (C=O) groups excluding carboxylic acids is 4. The minimum atomic E-state index is -0.838. The quantitative estimate of drug-likeness (QED) is 0.0546. The highest BCUT2D eigenvalue weighted by Crippen LogP contribution is 2.66. The molecule has 3 aliphatic carbocycles. The van der Waals surface area contributed by atoms with Crippen LogP contribution < -0.4 is 10.1 Å². The molecule has 1 amide bonds. The first-order chi connectivity index (χ1) is 27.2. The molecule has 3 aromatic rings. The lowest BCUT2D eigenvalue weighted by atomic mass is 9.43. The number of Topliss-reactive ketones (excluding diaryl/α,β-unsaturated/α-hetero) is 1. The van der Waals surface area contributed by atoms with Crippen LogP contribution in [0.4, 0.5) is 9.93 Å². The van der Waals surface area contributed by atoms with Gasteiger partial charge in [-0.05, 0) is 96.1 Å². The largest absolute Gasteiger partial charge is 0.496 e. The molecule has 58 heavy (non-hydrogen) atoms. The summed E-state index contributed by atoms with van der Waals surface area (Å²) < 4.78 is 30.6. The van der Waals surface area contributed by atoms with Crippen LogP contribution in [0.5, 0.6) is 5.75 Å². The Morgan fingerprint density at radius 3 is 2.38 bits per heavy atom. The standard InChI is InChI=1S/C43H54BN3O10S/c1-40(2,3)54-37(50)34-27(22-48)17-16-26(36(34)52-10)18-29(44-56-33-20-28-19-32(42(28,7)8)43(33,9)57-44)21-31(49)35(47-53-23-25-14-12-11-13-15-25)30-24-58-38(45-30)46-39(51)55-41(4,5)6/h11-17,22,24,28-29,32-33H,18-21,23H2,1-10H3,(H,45,46,51)/b47-35-/t28-,29+,32-,33?,43-/m0/s1. The summed E-state index contributed by atoms with van der Waals surface area (Å²) in [6.45, 7) is 17.2. The van der Waals surface area contributed by atoms with Crippen molar-refractivity contribution in [3.8, 4) is 5.75 Å². The number of thiazole rings is 1. The number of ether oxygens (including phenoxy) is 3. The van der Waals surface area contributed by atoms with Crippen LogP contribution in [0, 0.1) is 17.3 Å². The summed E-state index contributed by atoms with van der Waals surface area (Å²) in [7, 11) is 0.607. The molecule has 4 fully saturated rings. The Hall–Kier alpha value is -4.60. The minimum Gasteiger partial charge on any atom is -0.496 e. The van der Waals surface area contributed by atoms with Crippen molar-refractivity contribution in [2.75, 3.05) is 12.4 Å². The van der Waals surface area contributed by atoms with Crippen LogP contribution in [-0.2, 0) is 41.4 Å². The smallest absolute Gasteiger partial charge is 0.461 e. The van der Waals surface area contributed by atoms with Gasteiger partial charge in [-0.1, -0.05) is 61.5 Å². The summed E-state index contributed by atoms with van der Waals surface area (Å²) in [5.74, 6) is -0.827. The second-order valence-corrected chi connectivity index (χ2v) is 19.0. The Morgan fingerprint density at radius 2 is 1.74 bits per heavy atom. The summed E-state index contributed by atoms with van der Waals surface area (Å²) in [4.78, 5) is 63.4. The predicted octanol–water partition coefficient (Wildman–Crippen LogP) is 8.49. The van der Waals surface area contributed by atoms with Crippen molar-refractivity contribution in [3.63, 3.8) is 0 Å². The van der Waals surface area contributed by atoms with Crippen LogP contribution >= 0.6 is 11.3 Å². The van der Waals surface area contributed by atoms with Crippen molar-refractivity contribution in [3.05, 3.63) is 75.8 Å². The SMILES string of the molecule is COc1c(C[C@H](CC(=O)/C(=N\OCc2ccccc2)c2csc(NC(=O)OC(C)(C)C)n2)B2OC3C[C@@H]4C[C@@H](C4(C)C)[C@]3(C)O2)ccc(C=O)c1C(=O)OC(C)(C)C. The molecule has 13 nitrogen and oxygen atoms in total. The van der Waals surface area contributed by atoms with E-state index in [0.29, 0.717) is 17.8 Å². The van der Waals surface area contributed by atoms with Crippen LogP contribution in [0.2, 0.25) is 5.82 Å². The fraction of sp³-hybridized carbons (Fsp3) is 0.535. The fourth-order valence-electron chi connectivity index (χ4n) is 8.47. The highest BCUT2D eigenvalue weighted by Gasteiger charge is 2.68. The van der Waals surface area contributed by atoms with Gasteiger partial charge in [0.05, 0.1) is 18.8 Å². The van der Waals surface area contributed by atoms with Crippen LogP contribution in [0.3, 0.4) is 0 Å². The van der Waals surface area contributed by atoms with E-state index in [4.69, 9.17) is 28.4 Å². The van der Waals surface area contributed by atoms with Gasteiger partial charge in [-0.15, -0.1) is 11.3 Å². The van der Waals surface area contributed by atoms with E-state index in [1.54, 1.807) is 59.1 Å². The second kappa shape index (κ2) is 16.6. The number of anilines is 1. The molecule has 3 saturated carbocycles. The van der Waals surface area contributed by atoms with Gasteiger partial charge in [0, 0.05) is 23.2 Å². The molecule has 0 radical (unpaired) electrons. The fourth-order valence-corrected chi connectivity index (χ4v) is 9.15. The number of rotatable bonds is 14. The number of benzene rings is 2. The molecule has 4 aliphatic rings. The Balaban J connectivity index is 1.36. The average Bonchev–Trinajstić information content (AvgIpc) is 3.75. The number of esters is 1. The minimum absolute atomic E-state index is 0.00415. The van der Waals surface area contributed by atoms with E-state index in [2.05, 4.69) is 36.2 Å². The molecule has 0 spiro atoms. The number of nitrogens with one attached hydrogen (secondary N) is 1. The van der Waals surface area contributed by atoms with Gasteiger partial charge in [-0.3, -0.25) is 14.9 Å². The molecule has 1 N–H and O–H groups in total. The van der Waals surface area contributed by atoms with Crippen LogP contribution in [0.15, 0.2) is 53.0 Å². The maximum atomic E-state index is 14.7. The van der Waals surface area contributed by atoms with Gasteiger partial charge in [-0.2, -0.15) is 0 Å². The number of hydrogen-bond donors (Lipinski definition) is 1. The van der Waals surface area contributed by atoms with E-state index in [0.717, 1.165) is 29.7 Å². The number of oxime groups is 1. The number of methoxy groups -OCH3 is 1. The van der Waals surface area contributed by atoms with Gasteiger partial charge >= 0.3 is 19.2 Å². The van der Waals surface area contributed by atoms with Crippen LogP contribution in [0.1, 0.15) is 119 Å². The zero-order valence-corrected chi connectivity index (χ0v) is 35.8. The zero-order chi connectivity index (χ0) is 42.2. The maximum Gasteiger partial charge on any atom is 0.461 e. The predicted molar refractivity (Wildman–Crippen MR) is 220 cm³/mol.